The van der Waals surface area contributed by atoms with Crippen LogP contribution in [0.4, 0.5) is 0 Å². The first-order valence-corrected chi connectivity index (χ1v) is 7.27. The van der Waals surface area contributed by atoms with Crippen LogP contribution >= 0.6 is 0 Å². The maximum absolute atomic E-state index is 12.5. The van der Waals surface area contributed by atoms with Crippen molar-refractivity contribution < 1.29 is 9.21 Å². The summed E-state index contributed by atoms with van der Waals surface area (Å²) in [6.07, 6.45) is 3.43. The number of nitrogens with one attached hydrogen (secondary N) is 1. The Morgan fingerprint density at radius 1 is 1.18 bits per heavy atom. The molecule has 22 heavy (non-hydrogen) atoms. The smallest absolute Gasteiger partial charge is 0.287 e. The Kier molecular flexibility index (Phi) is 3.67. The van der Waals surface area contributed by atoms with Gasteiger partial charge in [0.25, 0.3) is 5.91 Å². The second-order valence-corrected chi connectivity index (χ2v) is 5.53. The number of fused-ring (bicyclic) bond motifs is 1. The van der Waals surface area contributed by atoms with Crippen molar-refractivity contribution in [2.75, 3.05) is 0 Å². The van der Waals surface area contributed by atoms with Gasteiger partial charge in [-0.1, -0.05) is 12.1 Å². The third kappa shape index (κ3) is 2.60. The highest BCUT2D eigenvalue weighted by Crippen LogP contribution is 2.26. The highest BCUT2D eigenvalue weighted by molar-refractivity contribution is 5.99. The van der Waals surface area contributed by atoms with Crippen LogP contribution in [0.5, 0.6) is 0 Å². The molecule has 1 atom stereocenters. The molecule has 0 saturated heterocycles. The van der Waals surface area contributed by atoms with Crippen LogP contribution in [-0.4, -0.2) is 10.9 Å². The lowest BCUT2D eigenvalue weighted by Crippen LogP contribution is -2.26. The minimum Gasteiger partial charge on any atom is -0.451 e. The fraction of sp³-hybridized carbons (Fsp3) is 0.222. The zero-order valence-electron chi connectivity index (χ0n) is 12.9. The molecule has 1 amide bonds. The molecule has 0 aliphatic carbocycles. The van der Waals surface area contributed by atoms with Gasteiger partial charge in [0, 0.05) is 23.3 Å². The normalized spacial score (nSPS) is 12.3. The Morgan fingerprint density at radius 3 is 2.64 bits per heavy atom. The number of carbonyl (C=O) groups is 1. The molecule has 0 bridgehead atoms. The summed E-state index contributed by atoms with van der Waals surface area (Å²) in [6.45, 7) is 5.85. The quantitative estimate of drug-likeness (QED) is 0.796. The van der Waals surface area contributed by atoms with E-state index in [9.17, 15) is 4.79 Å². The Balaban J connectivity index is 1.88. The van der Waals surface area contributed by atoms with Gasteiger partial charge in [0.1, 0.15) is 5.58 Å². The average molecular weight is 294 g/mol. The molecule has 0 spiro atoms. The summed E-state index contributed by atoms with van der Waals surface area (Å²) < 4.78 is 5.75. The maximum atomic E-state index is 12.5. The number of benzene rings is 1. The van der Waals surface area contributed by atoms with Crippen LogP contribution in [0.3, 0.4) is 0 Å². The Labute approximate surface area is 129 Å². The van der Waals surface area contributed by atoms with Crippen molar-refractivity contribution in [1.29, 1.82) is 0 Å². The van der Waals surface area contributed by atoms with E-state index in [2.05, 4.69) is 10.3 Å². The Bertz CT molecular complexity index is 822. The number of pyridine rings is 1. The Morgan fingerprint density at radius 2 is 1.91 bits per heavy atom. The molecule has 0 fully saturated rings. The molecule has 1 aromatic carbocycles. The second-order valence-electron chi connectivity index (χ2n) is 5.53. The fourth-order valence-electron chi connectivity index (χ4n) is 2.55. The molecule has 3 rings (SSSR count). The summed E-state index contributed by atoms with van der Waals surface area (Å²) in [5, 5.41) is 3.95. The van der Waals surface area contributed by atoms with Crippen molar-refractivity contribution in [1.82, 2.24) is 10.3 Å². The standard InChI is InChI=1S/C18H18N2O2/c1-11-4-5-15-12(2)17(22-16(15)10-11)18(21)20-13(3)14-6-8-19-9-7-14/h4-10,13H,1-3H3,(H,20,21). The van der Waals surface area contributed by atoms with E-state index in [1.165, 1.54) is 0 Å². The summed E-state index contributed by atoms with van der Waals surface area (Å²) in [5.74, 6) is 0.178. The van der Waals surface area contributed by atoms with E-state index in [4.69, 9.17) is 4.42 Å². The fourth-order valence-corrected chi connectivity index (χ4v) is 2.55. The summed E-state index contributed by atoms with van der Waals surface area (Å²) >= 11 is 0. The van der Waals surface area contributed by atoms with Crippen molar-refractivity contribution in [2.24, 2.45) is 0 Å². The van der Waals surface area contributed by atoms with Crippen LogP contribution in [0.25, 0.3) is 11.0 Å². The molecule has 0 aliphatic heterocycles. The van der Waals surface area contributed by atoms with Crippen molar-refractivity contribution in [2.45, 2.75) is 26.8 Å². The van der Waals surface area contributed by atoms with E-state index in [0.717, 1.165) is 27.7 Å². The first-order chi connectivity index (χ1) is 10.6. The lowest BCUT2D eigenvalue weighted by Gasteiger charge is -2.13. The molecule has 0 saturated carbocycles. The van der Waals surface area contributed by atoms with Gasteiger partial charge in [0.2, 0.25) is 0 Å². The van der Waals surface area contributed by atoms with Crippen LogP contribution in [0.1, 0.15) is 40.2 Å². The monoisotopic (exact) mass is 294 g/mol. The van der Waals surface area contributed by atoms with E-state index >= 15 is 0 Å². The van der Waals surface area contributed by atoms with Gasteiger partial charge in [-0.2, -0.15) is 0 Å². The third-order valence-corrected chi connectivity index (χ3v) is 3.85. The molecule has 3 aromatic rings. The van der Waals surface area contributed by atoms with Gasteiger partial charge in [0.05, 0.1) is 6.04 Å². The van der Waals surface area contributed by atoms with Crippen LogP contribution in [0.2, 0.25) is 0 Å². The van der Waals surface area contributed by atoms with Crippen LogP contribution < -0.4 is 5.32 Å². The number of aryl methyl sites for hydroxylation is 2. The number of hydrogen-bond donors (Lipinski definition) is 1. The minimum atomic E-state index is -0.198. The predicted octanol–water partition coefficient (Wildman–Crippen LogP) is 3.94. The molecule has 2 heterocycles. The van der Waals surface area contributed by atoms with Gasteiger partial charge < -0.3 is 9.73 Å². The first kappa shape index (κ1) is 14.3. The zero-order valence-corrected chi connectivity index (χ0v) is 12.9. The van der Waals surface area contributed by atoms with Crippen LogP contribution in [0, 0.1) is 13.8 Å². The SMILES string of the molecule is Cc1ccc2c(C)c(C(=O)NC(C)c3ccncc3)oc2c1. The molecule has 4 heteroatoms. The minimum absolute atomic E-state index is 0.107. The molecule has 1 N–H and O–H groups in total. The molecule has 4 nitrogen and oxygen atoms in total. The van der Waals surface area contributed by atoms with Gasteiger partial charge in [-0.3, -0.25) is 9.78 Å². The van der Waals surface area contributed by atoms with E-state index in [0.29, 0.717) is 5.76 Å². The largest absolute Gasteiger partial charge is 0.451 e. The van der Waals surface area contributed by atoms with Gasteiger partial charge in [0.15, 0.2) is 5.76 Å². The topological polar surface area (TPSA) is 55.1 Å². The van der Waals surface area contributed by atoms with Crippen molar-refractivity contribution in [3.63, 3.8) is 0 Å². The number of rotatable bonds is 3. The predicted molar refractivity (Wildman–Crippen MR) is 85.8 cm³/mol. The van der Waals surface area contributed by atoms with E-state index in [-0.39, 0.29) is 11.9 Å². The summed E-state index contributed by atoms with van der Waals surface area (Å²) in [5.41, 5.74) is 3.74. The molecule has 2 aromatic heterocycles. The molecule has 0 radical (unpaired) electrons. The number of hydrogen-bond acceptors (Lipinski definition) is 3. The maximum Gasteiger partial charge on any atom is 0.287 e. The second kappa shape index (κ2) is 5.64. The number of furan rings is 1. The number of carbonyl (C=O) groups excluding carboxylic acids is 1. The molecule has 1 unspecified atom stereocenters. The first-order valence-electron chi connectivity index (χ1n) is 7.27. The van der Waals surface area contributed by atoms with Gasteiger partial charge in [-0.05, 0) is 50.1 Å². The molecular weight excluding hydrogens is 276 g/mol. The highest BCUT2D eigenvalue weighted by atomic mass is 16.3. The van der Waals surface area contributed by atoms with Crippen molar-refractivity contribution in [3.8, 4) is 0 Å². The average Bonchev–Trinajstić information content (AvgIpc) is 2.84. The van der Waals surface area contributed by atoms with Crippen molar-refractivity contribution in [3.05, 3.63) is 65.2 Å². The lowest BCUT2D eigenvalue weighted by atomic mass is 10.1. The highest BCUT2D eigenvalue weighted by Gasteiger charge is 2.19. The van der Waals surface area contributed by atoms with Crippen LogP contribution in [-0.2, 0) is 0 Å². The Hall–Kier alpha value is -2.62. The number of aromatic nitrogens is 1. The van der Waals surface area contributed by atoms with E-state index < -0.39 is 0 Å². The van der Waals surface area contributed by atoms with Crippen molar-refractivity contribution >= 4 is 16.9 Å². The van der Waals surface area contributed by atoms with E-state index in [1.54, 1.807) is 12.4 Å². The molecular formula is C18H18N2O2. The number of amides is 1. The third-order valence-electron chi connectivity index (χ3n) is 3.85. The summed E-state index contributed by atoms with van der Waals surface area (Å²) in [4.78, 5) is 16.5. The summed E-state index contributed by atoms with van der Waals surface area (Å²) in [7, 11) is 0. The van der Waals surface area contributed by atoms with Gasteiger partial charge in [-0.25, -0.2) is 0 Å². The molecule has 0 aliphatic rings. The van der Waals surface area contributed by atoms with Gasteiger partial charge >= 0.3 is 0 Å². The van der Waals surface area contributed by atoms with Crippen LogP contribution in [0.15, 0.2) is 47.1 Å². The lowest BCUT2D eigenvalue weighted by molar-refractivity contribution is 0.0913. The zero-order chi connectivity index (χ0) is 15.7. The van der Waals surface area contributed by atoms with E-state index in [1.807, 2.05) is 51.1 Å². The number of nitrogens with zero attached hydrogens (tertiary/aromatic N) is 1. The molecule has 112 valence electrons. The summed E-state index contributed by atoms with van der Waals surface area (Å²) in [6, 6.07) is 9.63. The van der Waals surface area contributed by atoms with Gasteiger partial charge in [-0.15, -0.1) is 0 Å².